The van der Waals surface area contributed by atoms with E-state index in [1.165, 1.54) is 43.3 Å². The number of hydrogen-bond acceptors (Lipinski definition) is 8. The molecule has 2 N–H and O–H groups in total. The maximum absolute atomic E-state index is 13.8. The lowest BCUT2D eigenvalue weighted by molar-refractivity contribution is -0.0620. The molecule has 0 spiro atoms. The number of piperazine rings is 1. The van der Waals surface area contributed by atoms with E-state index >= 15 is 0 Å². The number of rotatable bonds is 6. The van der Waals surface area contributed by atoms with Crippen LogP contribution in [0.2, 0.25) is 0 Å². The number of fused-ring (bicyclic) bond motifs is 3. The number of carbonyl (C=O) groups excluding carboxylic acids is 1. The molecule has 2 aliphatic carbocycles. The fourth-order valence-electron chi connectivity index (χ4n) is 9.74. The molecule has 6 aliphatic rings. The first-order chi connectivity index (χ1) is 27.8. The van der Waals surface area contributed by atoms with Crippen LogP contribution in [0.25, 0.3) is 0 Å². The molecule has 4 heterocycles. The monoisotopic (exact) mass is 824 g/mol. The van der Waals surface area contributed by atoms with Gasteiger partial charge in [0.1, 0.15) is 16.7 Å². The lowest BCUT2D eigenvalue weighted by Crippen LogP contribution is -2.56. The number of benzene rings is 2. The number of amides is 1. The van der Waals surface area contributed by atoms with Crippen LogP contribution in [-0.2, 0) is 26.9 Å². The molecule has 11 heteroatoms. The van der Waals surface area contributed by atoms with E-state index in [1.54, 1.807) is 0 Å². The van der Waals surface area contributed by atoms with E-state index in [-0.39, 0.29) is 28.6 Å². The maximum Gasteiger partial charge on any atom is 0.263 e. The van der Waals surface area contributed by atoms with Crippen LogP contribution in [0.3, 0.4) is 0 Å². The Morgan fingerprint density at radius 2 is 1.88 bits per heavy atom. The van der Waals surface area contributed by atoms with Crippen molar-refractivity contribution < 1.29 is 23.2 Å². The molecular formula is C46H69ClN4O5S. The molecule has 7 unspecified atom stereocenters. The zero-order valence-electron chi connectivity index (χ0n) is 35.2. The molecule has 2 saturated heterocycles. The molecule has 0 radical (unpaired) electrons. The quantitative estimate of drug-likeness (QED) is 0.226. The number of carbonyl (C=O) groups is 1. The Hall–Kier alpha value is -2.47. The molecule has 1 amide bonds. The number of ether oxygens (including phenoxy) is 3. The molecule has 2 saturated carbocycles. The predicted molar refractivity (Wildman–Crippen MR) is 234 cm³/mol. The molecule has 316 valence electrons. The number of hydrogen-bond donors (Lipinski definition) is 2. The Bertz CT molecular complexity index is 1630. The standard InChI is InChI=1S/C38H52N2O4S.C7H14N2O.CH3Cl/c1-5-10-28-14-6-7-15-32(28)31-24-40-23-30-16-18-33(30)38(3,43-4)20-9-11-26(2)36(21-27-12-8-13-27)45(42)39-37(41)29-17-19-35(44-25-31)34(40)22-29;1-2-9-3-4-10-6-7(9)5-8-1;1-2/h6-7,9,14-15,17,19-20,22,26-27,30-31,33,36H,5,8,10-13,16,18,21,23-25H2,1-4H3,(H,39,41);7-8H,1-6H2;1H3/b20-9+;;/t26?,30?,31?,33?,36?,38-,45?;;/m0../s1. The van der Waals surface area contributed by atoms with Gasteiger partial charge >= 0.3 is 0 Å². The van der Waals surface area contributed by atoms with E-state index in [0.717, 1.165) is 95.9 Å². The highest BCUT2D eigenvalue weighted by Gasteiger charge is 2.45. The molecule has 8 atom stereocenters. The summed E-state index contributed by atoms with van der Waals surface area (Å²) in [6.07, 6.45) is 15.8. The number of nitrogens with one attached hydrogen (secondary N) is 2. The fourth-order valence-corrected chi connectivity index (χ4v) is 11.2. The molecule has 2 aromatic rings. The summed E-state index contributed by atoms with van der Waals surface area (Å²) < 4.78 is 34.9. The predicted octanol–water partition coefficient (Wildman–Crippen LogP) is 7.75. The van der Waals surface area contributed by atoms with Crippen molar-refractivity contribution >= 4 is 34.2 Å². The summed E-state index contributed by atoms with van der Waals surface area (Å²) in [5, 5.41) is 3.27. The van der Waals surface area contributed by atoms with Crippen LogP contribution in [0.15, 0.2) is 54.6 Å². The van der Waals surface area contributed by atoms with Crippen molar-refractivity contribution in [2.45, 2.75) is 101 Å². The summed E-state index contributed by atoms with van der Waals surface area (Å²) in [4.78, 5) is 18.7. The van der Waals surface area contributed by atoms with Crippen molar-refractivity contribution in [3.8, 4) is 5.75 Å². The van der Waals surface area contributed by atoms with Crippen LogP contribution in [0.1, 0.15) is 99.5 Å². The van der Waals surface area contributed by atoms with E-state index < -0.39 is 11.0 Å². The number of nitrogens with zero attached hydrogens (tertiary/aromatic N) is 2. The van der Waals surface area contributed by atoms with E-state index in [9.17, 15) is 9.00 Å². The van der Waals surface area contributed by atoms with Crippen molar-refractivity contribution in [2.75, 3.05) is 77.5 Å². The van der Waals surface area contributed by atoms with Crippen LogP contribution in [0.4, 0.5) is 5.69 Å². The third-order valence-electron chi connectivity index (χ3n) is 13.7. The molecule has 0 aromatic heterocycles. The largest absolute Gasteiger partial charge is 0.491 e. The third-order valence-corrected chi connectivity index (χ3v) is 15.3. The third kappa shape index (κ3) is 10.8. The van der Waals surface area contributed by atoms with Crippen molar-refractivity contribution in [3.05, 3.63) is 71.3 Å². The summed E-state index contributed by atoms with van der Waals surface area (Å²) in [6.45, 7) is 15.4. The first kappa shape index (κ1) is 44.1. The van der Waals surface area contributed by atoms with Gasteiger partial charge in [0, 0.05) is 70.3 Å². The van der Waals surface area contributed by atoms with Gasteiger partial charge in [-0.2, -0.15) is 0 Å². The highest BCUT2D eigenvalue weighted by Crippen LogP contribution is 2.47. The minimum Gasteiger partial charge on any atom is -0.491 e. The smallest absolute Gasteiger partial charge is 0.263 e. The first-order valence-corrected chi connectivity index (χ1v) is 23.7. The molecular weight excluding hydrogens is 756 g/mol. The van der Waals surface area contributed by atoms with Gasteiger partial charge in [-0.25, -0.2) is 4.21 Å². The summed E-state index contributed by atoms with van der Waals surface area (Å²) in [5.41, 5.74) is 3.87. The minimum absolute atomic E-state index is 0.0911. The van der Waals surface area contributed by atoms with Gasteiger partial charge in [-0.1, -0.05) is 75.9 Å². The highest BCUT2D eigenvalue weighted by atomic mass is 35.5. The molecule has 2 aromatic carbocycles. The zero-order chi connectivity index (χ0) is 40.4. The van der Waals surface area contributed by atoms with E-state index in [0.29, 0.717) is 36.0 Å². The highest BCUT2D eigenvalue weighted by molar-refractivity contribution is 7.84. The Morgan fingerprint density at radius 3 is 2.60 bits per heavy atom. The second kappa shape index (κ2) is 21.2. The average Bonchev–Trinajstić information content (AvgIpc) is 3.39. The number of methoxy groups -OCH3 is 1. The second-order valence-electron chi connectivity index (χ2n) is 17.3. The van der Waals surface area contributed by atoms with Crippen molar-refractivity contribution in [1.29, 1.82) is 0 Å². The number of aryl methyl sites for hydroxylation is 1. The van der Waals surface area contributed by atoms with E-state index in [4.69, 9.17) is 14.2 Å². The topological polar surface area (TPSA) is 92.4 Å². The first-order valence-electron chi connectivity index (χ1n) is 21.7. The van der Waals surface area contributed by atoms with Gasteiger partial charge in [0.15, 0.2) is 0 Å². The van der Waals surface area contributed by atoms with Crippen LogP contribution in [0, 0.1) is 23.7 Å². The summed E-state index contributed by atoms with van der Waals surface area (Å²) in [6, 6.07) is 15.2. The normalized spacial score (nSPS) is 32.4. The maximum atomic E-state index is 13.8. The van der Waals surface area contributed by atoms with Gasteiger partial charge in [0.2, 0.25) is 0 Å². The van der Waals surface area contributed by atoms with Gasteiger partial charge < -0.3 is 24.4 Å². The second-order valence-corrected chi connectivity index (χ2v) is 18.7. The zero-order valence-corrected chi connectivity index (χ0v) is 36.8. The molecule has 4 fully saturated rings. The number of alkyl halides is 1. The number of morpholine rings is 1. The van der Waals surface area contributed by atoms with E-state index in [1.807, 2.05) is 25.3 Å². The fraction of sp³-hybridized carbons (Fsp3) is 0.674. The molecule has 4 aliphatic heterocycles. The van der Waals surface area contributed by atoms with Crippen molar-refractivity contribution in [2.24, 2.45) is 23.7 Å². The van der Waals surface area contributed by atoms with Gasteiger partial charge in [0.05, 0.1) is 36.4 Å². The lowest BCUT2D eigenvalue weighted by atomic mass is 9.64. The Balaban J connectivity index is 0.000000391. The Morgan fingerprint density at radius 1 is 1.05 bits per heavy atom. The summed E-state index contributed by atoms with van der Waals surface area (Å²) >= 11 is 4.64. The average molecular weight is 826 g/mol. The van der Waals surface area contributed by atoms with Gasteiger partial charge in [-0.05, 0) is 92.0 Å². The van der Waals surface area contributed by atoms with Crippen LogP contribution >= 0.6 is 11.6 Å². The van der Waals surface area contributed by atoms with Crippen LogP contribution < -0.4 is 19.7 Å². The molecule has 9 nitrogen and oxygen atoms in total. The van der Waals surface area contributed by atoms with E-state index in [2.05, 4.69) is 88.6 Å². The van der Waals surface area contributed by atoms with Gasteiger partial charge in [0.25, 0.3) is 5.91 Å². The molecule has 2 bridgehead atoms. The van der Waals surface area contributed by atoms with Crippen molar-refractivity contribution in [1.82, 2.24) is 14.9 Å². The Kier molecular flexibility index (Phi) is 16.4. The number of anilines is 1. The molecule has 8 rings (SSSR count). The molecule has 57 heavy (non-hydrogen) atoms. The summed E-state index contributed by atoms with van der Waals surface area (Å²) in [7, 11) is 0.359. The van der Waals surface area contributed by atoms with Gasteiger partial charge in [-0.15, -0.1) is 11.6 Å². The number of allylic oxidation sites excluding steroid dienone is 1. The SMILES string of the molecule is C1CN2CCOCC2CN1.CCCc1ccccc1C1COc2ccc3cc2N(C1)CC1CCC1[C@@](C)(OC)/C=C/CC(C)C(CC1CCC1)S(=O)NC3=O.CCl. The minimum atomic E-state index is -1.48. The van der Waals surface area contributed by atoms with Crippen molar-refractivity contribution in [3.63, 3.8) is 0 Å². The Labute approximate surface area is 350 Å². The summed E-state index contributed by atoms with van der Waals surface area (Å²) in [5.74, 6) is 2.37. The lowest BCUT2D eigenvalue weighted by Gasteiger charge is -2.48. The number of halogens is 1. The van der Waals surface area contributed by atoms with Crippen LogP contribution in [0.5, 0.6) is 5.75 Å². The van der Waals surface area contributed by atoms with Crippen LogP contribution in [-0.4, -0.2) is 104 Å². The van der Waals surface area contributed by atoms with Gasteiger partial charge in [-0.3, -0.25) is 14.4 Å².